The van der Waals surface area contributed by atoms with Crippen LogP contribution in [0.4, 0.5) is 0 Å². The largest absolute Gasteiger partial charge is 0.360 e. The zero-order valence-corrected chi connectivity index (χ0v) is 8.71. The van der Waals surface area contributed by atoms with Gasteiger partial charge in [-0.1, -0.05) is 0 Å². The van der Waals surface area contributed by atoms with E-state index in [2.05, 4.69) is 20.5 Å². The predicted molar refractivity (Wildman–Crippen MR) is 59.7 cm³/mol. The molecule has 0 aromatic carbocycles. The molecule has 0 saturated heterocycles. The summed E-state index contributed by atoms with van der Waals surface area (Å²) >= 11 is 0. The third kappa shape index (κ3) is 5.16. The van der Waals surface area contributed by atoms with E-state index in [1.54, 1.807) is 0 Å². The molecular formula is C9H21N5. The first kappa shape index (κ1) is 11.4. The van der Waals surface area contributed by atoms with Crippen molar-refractivity contribution in [2.45, 2.75) is 0 Å². The first-order valence-corrected chi connectivity index (χ1v) is 5.29. The molecule has 5 nitrogen and oxygen atoms in total. The summed E-state index contributed by atoms with van der Waals surface area (Å²) in [5.74, 6) is 0. The lowest BCUT2D eigenvalue weighted by atomic mass is 10.5. The first-order chi connectivity index (χ1) is 6.93. The normalized spacial score (nSPS) is 15.4. The van der Waals surface area contributed by atoms with Crippen molar-refractivity contribution in [3.8, 4) is 0 Å². The second kappa shape index (κ2) is 7.73. The van der Waals surface area contributed by atoms with Crippen LogP contribution in [0.3, 0.4) is 0 Å². The third-order valence-corrected chi connectivity index (χ3v) is 2.14. The second-order valence-corrected chi connectivity index (χ2v) is 3.35. The maximum atomic E-state index is 5.35. The Bertz CT molecular complexity index is 159. The Hall–Kier alpha value is -0.650. The smallest absolute Gasteiger partial charge is 0.0851 e. The highest BCUT2D eigenvalue weighted by atomic mass is 15.2. The van der Waals surface area contributed by atoms with Crippen LogP contribution >= 0.6 is 0 Å². The zero-order chi connectivity index (χ0) is 10.1. The van der Waals surface area contributed by atoms with E-state index in [0.717, 1.165) is 45.8 Å². The molecular weight excluding hydrogens is 178 g/mol. The topological polar surface area (TPSA) is 65.7 Å². The number of aliphatic imine (C=N–C) groups is 1. The van der Waals surface area contributed by atoms with Gasteiger partial charge in [0.2, 0.25) is 0 Å². The van der Waals surface area contributed by atoms with E-state index < -0.39 is 0 Å². The molecule has 0 bridgehead atoms. The number of hydrogen-bond donors (Lipinski definition) is 3. The van der Waals surface area contributed by atoms with Gasteiger partial charge in [0.25, 0.3) is 0 Å². The fraction of sp³-hybridized carbons (Fsp3) is 0.889. The number of nitrogens with one attached hydrogen (secondary N) is 2. The van der Waals surface area contributed by atoms with Crippen LogP contribution in [0.1, 0.15) is 0 Å². The van der Waals surface area contributed by atoms with Crippen LogP contribution in [0.15, 0.2) is 4.99 Å². The van der Waals surface area contributed by atoms with Crippen molar-refractivity contribution in [2.75, 3.05) is 52.4 Å². The Kier molecular flexibility index (Phi) is 6.30. The Morgan fingerprint density at radius 1 is 1.21 bits per heavy atom. The molecule has 0 fully saturated rings. The summed E-state index contributed by atoms with van der Waals surface area (Å²) in [5, 5.41) is 6.60. The molecule has 1 heterocycles. The summed E-state index contributed by atoms with van der Waals surface area (Å²) in [5.41, 5.74) is 5.35. The molecule has 4 N–H and O–H groups in total. The Balaban J connectivity index is 1.77. The maximum absolute atomic E-state index is 5.35. The molecule has 0 saturated carbocycles. The second-order valence-electron chi connectivity index (χ2n) is 3.35. The summed E-state index contributed by atoms with van der Waals surface area (Å²) < 4.78 is 0. The molecule has 1 rings (SSSR count). The maximum Gasteiger partial charge on any atom is 0.0851 e. The standard InChI is InChI=1S/C9H21N5/c10-1-2-11-3-4-12-5-7-14-8-6-13-9-14/h9,11-12H,1-8,10H2. The monoisotopic (exact) mass is 199 g/mol. The minimum absolute atomic E-state index is 0.713. The molecule has 0 aromatic heterocycles. The highest BCUT2D eigenvalue weighted by molar-refractivity contribution is 5.56. The van der Waals surface area contributed by atoms with Crippen LogP contribution in [0, 0.1) is 0 Å². The minimum Gasteiger partial charge on any atom is -0.360 e. The van der Waals surface area contributed by atoms with E-state index in [1.807, 2.05) is 6.34 Å². The molecule has 0 aromatic rings. The molecule has 0 amide bonds. The summed E-state index contributed by atoms with van der Waals surface area (Å²) in [6.07, 6.45) is 1.94. The fourth-order valence-corrected chi connectivity index (χ4v) is 1.34. The van der Waals surface area contributed by atoms with Crippen LogP contribution in [-0.4, -0.2) is 63.6 Å². The van der Waals surface area contributed by atoms with Gasteiger partial charge in [-0.25, -0.2) is 0 Å². The molecule has 1 aliphatic heterocycles. The predicted octanol–water partition coefficient (Wildman–Crippen LogP) is -1.53. The van der Waals surface area contributed by atoms with Gasteiger partial charge < -0.3 is 21.3 Å². The Morgan fingerprint density at radius 2 is 2.00 bits per heavy atom. The lowest BCUT2D eigenvalue weighted by Gasteiger charge is -2.13. The minimum atomic E-state index is 0.713. The van der Waals surface area contributed by atoms with Crippen LogP contribution < -0.4 is 16.4 Å². The Labute approximate surface area is 85.7 Å². The lowest BCUT2D eigenvalue weighted by molar-refractivity contribution is 0.451. The molecule has 0 spiro atoms. The van der Waals surface area contributed by atoms with Crippen molar-refractivity contribution in [3.63, 3.8) is 0 Å². The first-order valence-electron chi connectivity index (χ1n) is 5.29. The molecule has 14 heavy (non-hydrogen) atoms. The van der Waals surface area contributed by atoms with Gasteiger partial charge in [0, 0.05) is 45.8 Å². The molecule has 0 atom stereocenters. The highest BCUT2D eigenvalue weighted by Crippen LogP contribution is 1.90. The van der Waals surface area contributed by atoms with Gasteiger partial charge >= 0.3 is 0 Å². The summed E-state index contributed by atoms with van der Waals surface area (Å²) in [7, 11) is 0. The van der Waals surface area contributed by atoms with Crippen molar-refractivity contribution in [2.24, 2.45) is 10.7 Å². The molecule has 1 aliphatic rings. The molecule has 0 aliphatic carbocycles. The van der Waals surface area contributed by atoms with E-state index in [1.165, 1.54) is 0 Å². The van der Waals surface area contributed by atoms with Crippen LogP contribution in [0.5, 0.6) is 0 Å². The van der Waals surface area contributed by atoms with Gasteiger partial charge in [0.1, 0.15) is 0 Å². The Morgan fingerprint density at radius 3 is 2.64 bits per heavy atom. The van der Waals surface area contributed by atoms with Crippen molar-refractivity contribution < 1.29 is 0 Å². The van der Waals surface area contributed by atoms with Crippen LogP contribution in [0.2, 0.25) is 0 Å². The van der Waals surface area contributed by atoms with E-state index >= 15 is 0 Å². The number of rotatable bonds is 8. The number of hydrogen-bond acceptors (Lipinski definition) is 5. The summed E-state index contributed by atoms with van der Waals surface area (Å²) in [6, 6.07) is 0. The van der Waals surface area contributed by atoms with Crippen LogP contribution in [0.25, 0.3) is 0 Å². The summed E-state index contributed by atoms with van der Waals surface area (Å²) in [4.78, 5) is 6.39. The van der Waals surface area contributed by atoms with Crippen molar-refractivity contribution in [1.29, 1.82) is 0 Å². The molecule has 0 unspecified atom stereocenters. The van der Waals surface area contributed by atoms with Gasteiger partial charge in [-0.2, -0.15) is 0 Å². The van der Waals surface area contributed by atoms with E-state index in [9.17, 15) is 0 Å². The van der Waals surface area contributed by atoms with Crippen molar-refractivity contribution in [3.05, 3.63) is 0 Å². The zero-order valence-electron chi connectivity index (χ0n) is 8.71. The SMILES string of the molecule is NCCNCCNCCN1C=NCC1. The van der Waals surface area contributed by atoms with Gasteiger partial charge in [-0.3, -0.25) is 4.99 Å². The summed E-state index contributed by atoms with van der Waals surface area (Å²) in [6.45, 7) is 7.73. The molecule has 0 radical (unpaired) electrons. The quantitative estimate of drug-likeness (QED) is 0.415. The van der Waals surface area contributed by atoms with Gasteiger partial charge in [0.15, 0.2) is 0 Å². The van der Waals surface area contributed by atoms with Gasteiger partial charge in [-0.05, 0) is 0 Å². The van der Waals surface area contributed by atoms with Crippen molar-refractivity contribution in [1.82, 2.24) is 15.5 Å². The van der Waals surface area contributed by atoms with E-state index in [4.69, 9.17) is 5.73 Å². The number of nitrogens with two attached hydrogens (primary N) is 1. The highest BCUT2D eigenvalue weighted by Gasteiger charge is 2.02. The third-order valence-electron chi connectivity index (χ3n) is 2.14. The number of nitrogens with zero attached hydrogens (tertiary/aromatic N) is 2. The lowest BCUT2D eigenvalue weighted by Crippen LogP contribution is -2.35. The van der Waals surface area contributed by atoms with Gasteiger partial charge in [0.05, 0.1) is 12.9 Å². The average Bonchev–Trinajstić information content (AvgIpc) is 2.69. The fourth-order valence-electron chi connectivity index (χ4n) is 1.34. The van der Waals surface area contributed by atoms with E-state index in [0.29, 0.717) is 6.54 Å². The molecule has 5 heteroatoms. The van der Waals surface area contributed by atoms with Gasteiger partial charge in [-0.15, -0.1) is 0 Å². The van der Waals surface area contributed by atoms with Crippen LogP contribution in [-0.2, 0) is 0 Å². The molecule has 82 valence electrons. The van der Waals surface area contributed by atoms with Crippen molar-refractivity contribution >= 4 is 6.34 Å². The van der Waals surface area contributed by atoms with E-state index in [-0.39, 0.29) is 0 Å². The average molecular weight is 199 g/mol.